The molecule has 2 aliphatic heterocycles. The van der Waals surface area contributed by atoms with Crippen molar-refractivity contribution in [3.8, 4) is 23.0 Å². The Balaban J connectivity index is 1.50. The fraction of sp³-hybridized carbons (Fsp3) is 0.167. The fourth-order valence-electron chi connectivity index (χ4n) is 4.82. The van der Waals surface area contributed by atoms with Crippen LogP contribution in [0.15, 0.2) is 60.2 Å². The Kier molecular flexibility index (Phi) is 7.36. The topological polar surface area (TPSA) is 141 Å². The van der Waals surface area contributed by atoms with Crippen LogP contribution >= 0.6 is 0 Å². The number of barbiturate groups is 1. The highest BCUT2D eigenvalue weighted by atomic mass is 16.5. The molecule has 0 radical (unpaired) electrons. The molecule has 214 valence electrons. The summed E-state index contributed by atoms with van der Waals surface area (Å²) in [5.74, 6) is -1.63. The first-order valence-corrected chi connectivity index (χ1v) is 12.6. The highest BCUT2D eigenvalue weighted by Gasteiger charge is 2.38. The van der Waals surface area contributed by atoms with E-state index in [1.165, 1.54) is 46.6 Å². The van der Waals surface area contributed by atoms with E-state index in [1.807, 2.05) is 0 Å². The molecule has 3 aromatic rings. The molecule has 0 saturated carbocycles. The number of ether oxygens (including phenoxy) is 4. The summed E-state index contributed by atoms with van der Waals surface area (Å²) < 4.78 is 21.4. The summed E-state index contributed by atoms with van der Waals surface area (Å²) >= 11 is 0. The van der Waals surface area contributed by atoms with Crippen LogP contribution in [0.3, 0.4) is 0 Å². The van der Waals surface area contributed by atoms with Crippen LogP contribution < -0.4 is 29.2 Å². The molecule has 2 heterocycles. The van der Waals surface area contributed by atoms with Crippen LogP contribution in [0.5, 0.6) is 23.0 Å². The average molecular weight is 572 g/mol. The van der Waals surface area contributed by atoms with E-state index in [1.54, 1.807) is 42.5 Å². The molecule has 2 aliphatic rings. The second kappa shape index (κ2) is 11.1. The lowest BCUT2D eigenvalue weighted by molar-refractivity contribution is -0.122. The number of carbonyl (C=O) groups is 5. The first-order chi connectivity index (χ1) is 20.2. The molecule has 1 saturated heterocycles. The lowest BCUT2D eigenvalue weighted by Gasteiger charge is -2.27. The predicted octanol–water partition coefficient (Wildman–Crippen LogP) is 3.18. The van der Waals surface area contributed by atoms with E-state index >= 15 is 0 Å². The minimum atomic E-state index is -0.961. The fourth-order valence-corrected chi connectivity index (χ4v) is 4.82. The van der Waals surface area contributed by atoms with Crippen LogP contribution in [0, 0.1) is 0 Å². The molecule has 1 N–H and O–H groups in total. The first-order valence-electron chi connectivity index (χ1n) is 12.6. The van der Waals surface area contributed by atoms with Gasteiger partial charge in [0.1, 0.15) is 11.3 Å². The van der Waals surface area contributed by atoms with E-state index in [0.717, 1.165) is 9.80 Å². The van der Waals surface area contributed by atoms with Crippen molar-refractivity contribution < 1.29 is 42.9 Å². The molecule has 12 nitrogen and oxygen atoms in total. The molecule has 12 heteroatoms. The molecule has 3 aromatic carbocycles. The van der Waals surface area contributed by atoms with Gasteiger partial charge in [-0.15, -0.1) is 0 Å². The van der Waals surface area contributed by atoms with Gasteiger partial charge in [-0.25, -0.2) is 9.69 Å². The van der Waals surface area contributed by atoms with Crippen LogP contribution in [0.25, 0.3) is 6.08 Å². The van der Waals surface area contributed by atoms with E-state index in [2.05, 4.69) is 5.32 Å². The predicted molar refractivity (Wildman–Crippen MR) is 149 cm³/mol. The molecule has 0 unspecified atom stereocenters. The zero-order valence-corrected chi connectivity index (χ0v) is 23.0. The number of methoxy groups -OCH3 is 4. The first kappa shape index (κ1) is 27.9. The number of fused-ring (bicyclic) bond motifs is 1. The Morgan fingerprint density at radius 3 is 1.86 bits per heavy atom. The van der Waals surface area contributed by atoms with Crippen molar-refractivity contribution in [3.63, 3.8) is 0 Å². The number of amides is 6. The van der Waals surface area contributed by atoms with Gasteiger partial charge in [-0.3, -0.25) is 29.4 Å². The number of nitrogens with zero attached hydrogens (tertiary/aromatic N) is 2. The van der Waals surface area contributed by atoms with Crippen LogP contribution in [-0.2, 0) is 16.1 Å². The summed E-state index contributed by atoms with van der Waals surface area (Å²) in [6.07, 6.45) is 1.31. The van der Waals surface area contributed by atoms with Crippen molar-refractivity contribution in [2.24, 2.45) is 0 Å². The molecule has 0 aliphatic carbocycles. The molecule has 0 atom stereocenters. The van der Waals surface area contributed by atoms with E-state index in [4.69, 9.17) is 18.9 Å². The van der Waals surface area contributed by atoms with Crippen LogP contribution in [0.2, 0.25) is 0 Å². The average Bonchev–Trinajstić information content (AvgIpc) is 3.23. The summed E-state index contributed by atoms with van der Waals surface area (Å²) in [6, 6.07) is 13.2. The zero-order valence-electron chi connectivity index (χ0n) is 23.0. The van der Waals surface area contributed by atoms with Gasteiger partial charge in [0.05, 0.1) is 51.8 Å². The minimum Gasteiger partial charge on any atom is -0.496 e. The lowest BCUT2D eigenvalue weighted by Crippen LogP contribution is -2.54. The van der Waals surface area contributed by atoms with Gasteiger partial charge in [0.25, 0.3) is 23.6 Å². The van der Waals surface area contributed by atoms with E-state index in [-0.39, 0.29) is 35.1 Å². The number of urea groups is 1. The molecule has 0 aromatic heterocycles. The maximum absolute atomic E-state index is 13.5. The van der Waals surface area contributed by atoms with Crippen molar-refractivity contribution in [2.45, 2.75) is 6.54 Å². The van der Waals surface area contributed by atoms with Gasteiger partial charge in [0, 0.05) is 17.7 Å². The van der Waals surface area contributed by atoms with Crippen LogP contribution in [0.1, 0.15) is 31.8 Å². The van der Waals surface area contributed by atoms with Crippen molar-refractivity contribution in [2.75, 3.05) is 33.3 Å². The van der Waals surface area contributed by atoms with E-state index in [9.17, 15) is 24.0 Å². The van der Waals surface area contributed by atoms with E-state index < -0.39 is 29.7 Å². The highest BCUT2D eigenvalue weighted by molar-refractivity contribution is 6.39. The number of hydrogen-bond acceptors (Lipinski definition) is 9. The van der Waals surface area contributed by atoms with Gasteiger partial charge in [-0.1, -0.05) is 18.2 Å². The van der Waals surface area contributed by atoms with Crippen LogP contribution in [-0.4, -0.2) is 63.0 Å². The second-order valence-corrected chi connectivity index (χ2v) is 9.15. The third-order valence-corrected chi connectivity index (χ3v) is 6.83. The highest BCUT2D eigenvalue weighted by Crippen LogP contribution is 2.41. The third kappa shape index (κ3) is 4.68. The van der Waals surface area contributed by atoms with Crippen LogP contribution in [0.4, 0.5) is 10.5 Å². The van der Waals surface area contributed by atoms with Gasteiger partial charge >= 0.3 is 6.03 Å². The standard InChI is InChI=1S/C30H25N3O9/c1-39-22-10-9-16(11-17(22)15-32-27(35)19-7-5-6-8-20(19)28(32)36)12-21-26(34)31-30(38)33(29(21)37)18-13-23(40-2)25(42-4)24(14-18)41-3/h5-14H,15H2,1-4H3,(H,31,34,38). The molecule has 42 heavy (non-hydrogen) atoms. The smallest absolute Gasteiger partial charge is 0.335 e. The van der Waals surface area contributed by atoms with Gasteiger partial charge in [-0.05, 0) is 35.9 Å². The Hall–Kier alpha value is -5.65. The van der Waals surface area contributed by atoms with Gasteiger partial charge in [0.2, 0.25) is 5.75 Å². The maximum atomic E-state index is 13.5. The number of benzene rings is 3. The van der Waals surface area contributed by atoms with Crippen molar-refractivity contribution in [1.29, 1.82) is 0 Å². The van der Waals surface area contributed by atoms with Crippen molar-refractivity contribution >= 4 is 41.4 Å². The van der Waals surface area contributed by atoms with Gasteiger partial charge in [-0.2, -0.15) is 0 Å². The van der Waals surface area contributed by atoms with Crippen molar-refractivity contribution in [3.05, 3.63) is 82.4 Å². The molecular weight excluding hydrogens is 546 g/mol. The summed E-state index contributed by atoms with van der Waals surface area (Å²) in [4.78, 5) is 66.9. The number of hydrogen-bond donors (Lipinski definition) is 1. The molecule has 0 spiro atoms. The number of carbonyl (C=O) groups excluding carboxylic acids is 5. The molecule has 0 bridgehead atoms. The number of rotatable bonds is 8. The lowest BCUT2D eigenvalue weighted by atomic mass is 10.0. The monoisotopic (exact) mass is 571 g/mol. The SMILES string of the molecule is COc1ccc(C=C2C(=O)NC(=O)N(c3cc(OC)c(OC)c(OC)c3)C2=O)cc1CN1C(=O)c2ccccc2C1=O. The summed E-state index contributed by atoms with van der Waals surface area (Å²) in [6.45, 7) is -0.108. The summed E-state index contributed by atoms with van der Waals surface area (Å²) in [5, 5.41) is 2.17. The zero-order chi connectivity index (χ0) is 30.1. The molecule has 5 rings (SSSR count). The third-order valence-electron chi connectivity index (χ3n) is 6.83. The minimum absolute atomic E-state index is 0.0754. The van der Waals surface area contributed by atoms with E-state index in [0.29, 0.717) is 28.0 Å². The quantitative estimate of drug-likeness (QED) is 0.245. The number of imide groups is 3. The van der Waals surface area contributed by atoms with Gasteiger partial charge in [0.15, 0.2) is 11.5 Å². The molecule has 6 amide bonds. The second-order valence-electron chi connectivity index (χ2n) is 9.15. The summed E-state index contributed by atoms with van der Waals surface area (Å²) in [7, 11) is 5.63. The van der Waals surface area contributed by atoms with Crippen molar-refractivity contribution in [1.82, 2.24) is 10.2 Å². The largest absolute Gasteiger partial charge is 0.496 e. The summed E-state index contributed by atoms with van der Waals surface area (Å²) in [5.41, 5.74) is 1.20. The number of anilines is 1. The number of nitrogens with one attached hydrogen (secondary N) is 1. The maximum Gasteiger partial charge on any atom is 0.335 e. The Labute approximate surface area is 240 Å². The molecule has 1 fully saturated rings. The Bertz CT molecular complexity index is 1630. The Morgan fingerprint density at radius 2 is 1.31 bits per heavy atom. The van der Waals surface area contributed by atoms with Gasteiger partial charge < -0.3 is 18.9 Å². The Morgan fingerprint density at radius 1 is 0.714 bits per heavy atom. The molecular formula is C30H25N3O9. The normalized spacial score (nSPS) is 15.6.